The molecular weight excluding hydrogens is 238 g/mol. The maximum absolute atomic E-state index is 5.78. The van der Waals surface area contributed by atoms with Crippen molar-refractivity contribution in [2.75, 3.05) is 26.4 Å². The van der Waals surface area contributed by atoms with Crippen LogP contribution in [0.2, 0.25) is 0 Å². The van der Waals surface area contributed by atoms with Crippen molar-refractivity contribution in [2.45, 2.75) is 39.0 Å². The predicted octanol–water partition coefficient (Wildman–Crippen LogP) is 3.16. The summed E-state index contributed by atoms with van der Waals surface area (Å²) < 4.78 is 11.3. The van der Waals surface area contributed by atoms with Crippen LogP contribution in [0, 0.1) is 0 Å². The van der Waals surface area contributed by atoms with E-state index in [-0.39, 0.29) is 0 Å². The first-order valence-electron chi connectivity index (χ1n) is 7.37. The van der Waals surface area contributed by atoms with Gasteiger partial charge in [-0.05, 0) is 43.9 Å². The van der Waals surface area contributed by atoms with Gasteiger partial charge in [0.1, 0.15) is 5.75 Å². The van der Waals surface area contributed by atoms with Crippen molar-refractivity contribution in [1.82, 2.24) is 0 Å². The minimum absolute atomic E-state index is 0.722. The lowest BCUT2D eigenvalue weighted by Gasteiger charge is -2.10. The SMILES string of the molecule is CCc1ccccc1OCCCOCCCCCN. The summed E-state index contributed by atoms with van der Waals surface area (Å²) in [6.07, 6.45) is 5.32. The van der Waals surface area contributed by atoms with Crippen LogP contribution in [0.15, 0.2) is 24.3 Å². The fraction of sp³-hybridized carbons (Fsp3) is 0.625. The number of nitrogens with two attached hydrogens (primary N) is 1. The van der Waals surface area contributed by atoms with Crippen molar-refractivity contribution in [3.63, 3.8) is 0 Å². The molecule has 1 rings (SSSR count). The summed E-state index contributed by atoms with van der Waals surface area (Å²) in [7, 11) is 0. The van der Waals surface area contributed by atoms with Crippen LogP contribution in [0.4, 0.5) is 0 Å². The summed E-state index contributed by atoms with van der Waals surface area (Å²) in [6, 6.07) is 8.22. The van der Waals surface area contributed by atoms with Gasteiger partial charge in [0.2, 0.25) is 0 Å². The number of hydrogen-bond donors (Lipinski definition) is 1. The molecular formula is C16H27NO2. The minimum atomic E-state index is 0.722. The number of ether oxygens (including phenoxy) is 2. The fourth-order valence-corrected chi connectivity index (χ4v) is 1.91. The zero-order valence-electron chi connectivity index (χ0n) is 12.1. The highest BCUT2D eigenvalue weighted by Crippen LogP contribution is 2.18. The number of rotatable bonds is 11. The highest BCUT2D eigenvalue weighted by molar-refractivity contribution is 5.33. The second-order valence-corrected chi connectivity index (χ2v) is 4.62. The van der Waals surface area contributed by atoms with Crippen LogP contribution in [0.3, 0.4) is 0 Å². The van der Waals surface area contributed by atoms with Crippen molar-refractivity contribution in [3.05, 3.63) is 29.8 Å². The van der Waals surface area contributed by atoms with E-state index >= 15 is 0 Å². The van der Waals surface area contributed by atoms with Gasteiger partial charge < -0.3 is 15.2 Å². The van der Waals surface area contributed by atoms with E-state index in [0.717, 1.165) is 64.2 Å². The van der Waals surface area contributed by atoms with E-state index < -0.39 is 0 Å². The number of benzene rings is 1. The molecule has 0 aliphatic carbocycles. The molecule has 1 aromatic carbocycles. The third-order valence-electron chi connectivity index (χ3n) is 3.04. The van der Waals surface area contributed by atoms with Crippen molar-refractivity contribution in [3.8, 4) is 5.75 Å². The Morgan fingerprint density at radius 3 is 2.53 bits per heavy atom. The third kappa shape index (κ3) is 7.19. The Bertz CT molecular complexity index is 328. The molecule has 0 spiro atoms. The van der Waals surface area contributed by atoms with E-state index in [1.165, 1.54) is 5.56 Å². The first-order valence-corrected chi connectivity index (χ1v) is 7.37. The zero-order chi connectivity index (χ0) is 13.8. The molecule has 3 nitrogen and oxygen atoms in total. The summed E-state index contributed by atoms with van der Waals surface area (Å²) in [5.41, 5.74) is 6.70. The summed E-state index contributed by atoms with van der Waals surface area (Å²) in [6.45, 7) is 5.26. The molecule has 0 unspecified atom stereocenters. The van der Waals surface area contributed by atoms with Crippen molar-refractivity contribution in [1.29, 1.82) is 0 Å². The molecule has 0 bridgehead atoms. The standard InChI is InChI=1S/C16H27NO2/c1-2-15-9-4-5-10-16(15)19-14-8-13-18-12-7-3-6-11-17/h4-5,9-10H,2-3,6-8,11-14,17H2,1H3. The van der Waals surface area contributed by atoms with E-state index in [0.29, 0.717) is 0 Å². The van der Waals surface area contributed by atoms with Crippen LogP contribution in [0.1, 0.15) is 38.2 Å². The van der Waals surface area contributed by atoms with Gasteiger partial charge in [0.05, 0.1) is 6.61 Å². The molecule has 0 heterocycles. The molecule has 0 saturated carbocycles. The molecule has 0 aliphatic heterocycles. The molecule has 0 amide bonds. The quantitative estimate of drug-likeness (QED) is 0.625. The third-order valence-corrected chi connectivity index (χ3v) is 3.04. The molecule has 1 aromatic rings. The lowest BCUT2D eigenvalue weighted by Crippen LogP contribution is -2.05. The van der Waals surface area contributed by atoms with Crippen LogP contribution in [-0.2, 0) is 11.2 Å². The van der Waals surface area contributed by atoms with Gasteiger partial charge in [-0.15, -0.1) is 0 Å². The predicted molar refractivity (Wildman–Crippen MR) is 79.7 cm³/mol. The fourth-order valence-electron chi connectivity index (χ4n) is 1.91. The normalized spacial score (nSPS) is 10.6. The molecule has 0 radical (unpaired) electrons. The maximum Gasteiger partial charge on any atom is 0.122 e. The Kier molecular flexibility index (Phi) is 9.11. The van der Waals surface area contributed by atoms with Gasteiger partial charge in [-0.3, -0.25) is 0 Å². The summed E-state index contributed by atoms with van der Waals surface area (Å²) in [5, 5.41) is 0. The van der Waals surface area contributed by atoms with Crippen LogP contribution < -0.4 is 10.5 Å². The Labute approximate surface area is 117 Å². The monoisotopic (exact) mass is 265 g/mol. The van der Waals surface area contributed by atoms with Gasteiger partial charge >= 0.3 is 0 Å². The Morgan fingerprint density at radius 1 is 0.947 bits per heavy atom. The van der Waals surface area contributed by atoms with E-state index in [4.69, 9.17) is 15.2 Å². The van der Waals surface area contributed by atoms with Gasteiger partial charge in [-0.25, -0.2) is 0 Å². The van der Waals surface area contributed by atoms with E-state index in [1.54, 1.807) is 0 Å². The van der Waals surface area contributed by atoms with Gasteiger partial charge in [0, 0.05) is 19.6 Å². The topological polar surface area (TPSA) is 44.5 Å². The molecule has 0 atom stereocenters. The van der Waals surface area contributed by atoms with Crippen molar-refractivity contribution >= 4 is 0 Å². The molecule has 0 fully saturated rings. The molecule has 108 valence electrons. The zero-order valence-corrected chi connectivity index (χ0v) is 12.1. The Morgan fingerprint density at radius 2 is 1.74 bits per heavy atom. The molecule has 2 N–H and O–H groups in total. The van der Waals surface area contributed by atoms with Gasteiger partial charge in [-0.2, -0.15) is 0 Å². The number of unbranched alkanes of at least 4 members (excludes halogenated alkanes) is 2. The second kappa shape index (κ2) is 10.8. The summed E-state index contributed by atoms with van der Waals surface area (Å²) in [5.74, 6) is 1.01. The molecule has 0 aliphatic rings. The number of para-hydroxylation sites is 1. The van der Waals surface area contributed by atoms with E-state index in [9.17, 15) is 0 Å². The van der Waals surface area contributed by atoms with Crippen LogP contribution in [-0.4, -0.2) is 26.4 Å². The second-order valence-electron chi connectivity index (χ2n) is 4.62. The van der Waals surface area contributed by atoms with Crippen LogP contribution in [0.25, 0.3) is 0 Å². The molecule has 19 heavy (non-hydrogen) atoms. The van der Waals surface area contributed by atoms with Gasteiger partial charge in [0.25, 0.3) is 0 Å². The largest absolute Gasteiger partial charge is 0.493 e. The Balaban J connectivity index is 2.01. The highest BCUT2D eigenvalue weighted by atomic mass is 16.5. The van der Waals surface area contributed by atoms with Crippen molar-refractivity contribution in [2.24, 2.45) is 5.73 Å². The lowest BCUT2D eigenvalue weighted by atomic mass is 10.1. The number of hydrogen-bond acceptors (Lipinski definition) is 3. The first kappa shape index (κ1) is 16.0. The average molecular weight is 265 g/mol. The average Bonchev–Trinajstić information content (AvgIpc) is 2.46. The van der Waals surface area contributed by atoms with Crippen molar-refractivity contribution < 1.29 is 9.47 Å². The summed E-state index contributed by atoms with van der Waals surface area (Å²) >= 11 is 0. The van der Waals surface area contributed by atoms with Gasteiger partial charge in [0.15, 0.2) is 0 Å². The molecule has 0 aromatic heterocycles. The van der Waals surface area contributed by atoms with E-state index in [2.05, 4.69) is 19.1 Å². The maximum atomic E-state index is 5.78. The Hall–Kier alpha value is -1.06. The number of aryl methyl sites for hydroxylation is 1. The highest BCUT2D eigenvalue weighted by Gasteiger charge is 1.99. The molecule has 3 heteroatoms. The summed E-state index contributed by atoms with van der Waals surface area (Å²) in [4.78, 5) is 0. The van der Waals surface area contributed by atoms with Crippen LogP contribution >= 0.6 is 0 Å². The smallest absolute Gasteiger partial charge is 0.122 e. The minimum Gasteiger partial charge on any atom is -0.493 e. The lowest BCUT2D eigenvalue weighted by molar-refractivity contribution is 0.116. The van der Waals surface area contributed by atoms with Gasteiger partial charge in [-0.1, -0.05) is 25.1 Å². The van der Waals surface area contributed by atoms with E-state index in [1.807, 2.05) is 12.1 Å². The molecule has 0 saturated heterocycles. The van der Waals surface area contributed by atoms with Crippen LogP contribution in [0.5, 0.6) is 5.75 Å². The first-order chi connectivity index (χ1) is 9.38.